The molecule has 0 saturated heterocycles. The minimum Gasteiger partial charge on any atom is -0.481 e. The van der Waals surface area contributed by atoms with Crippen LogP contribution in [-0.4, -0.2) is 22.2 Å². The lowest BCUT2D eigenvalue weighted by atomic mass is 10.2. The van der Waals surface area contributed by atoms with Gasteiger partial charge in [-0.3, -0.25) is 10.1 Å². The lowest BCUT2D eigenvalue weighted by molar-refractivity contribution is -0.122. The Hall–Kier alpha value is -2.09. The zero-order valence-electron chi connectivity index (χ0n) is 13.9. The maximum atomic E-state index is 12.3. The molecule has 1 N–H and O–H groups in total. The fourth-order valence-electron chi connectivity index (χ4n) is 2.04. The SMILES string of the molecule is C[C@@H](Oc1cccc(Cl)c1)C(=O)Nc1nnc(SCc2ccccc2)s1. The van der Waals surface area contributed by atoms with E-state index in [4.69, 9.17) is 16.3 Å². The average Bonchev–Trinajstić information content (AvgIpc) is 3.08. The van der Waals surface area contributed by atoms with Gasteiger partial charge in [-0.15, -0.1) is 10.2 Å². The number of carbonyl (C=O) groups excluding carboxylic acids is 1. The molecule has 1 aromatic heterocycles. The largest absolute Gasteiger partial charge is 0.481 e. The van der Waals surface area contributed by atoms with E-state index >= 15 is 0 Å². The van der Waals surface area contributed by atoms with Crippen molar-refractivity contribution in [2.45, 2.75) is 23.1 Å². The van der Waals surface area contributed by atoms with Gasteiger partial charge in [0.15, 0.2) is 10.4 Å². The van der Waals surface area contributed by atoms with Crippen LogP contribution in [0.15, 0.2) is 58.9 Å². The summed E-state index contributed by atoms with van der Waals surface area (Å²) in [6.45, 7) is 1.67. The minimum absolute atomic E-state index is 0.291. The van der Waals surface area contributed by atoms with Crippen LogP contribution in [0, 0.1) is 0 Å². The van der Waals surface area contributed by atoms with Gasteiger partial charge < -0.3 is 4.74 Å². The van der Waals surface area contributed by atoms with Crippen molar-refractivity contribution >= 4 is 45.7 Å². The maximum absolute atomic E-state index is 12.3. The number of carbonyl (C=O) groups is 1. The second kappa shape index (κ2) is 9.02. The third-order valence-electron chi connectivity index (χ3n) is 3.32. The van der Waals surface area contributed by atoms with Gasteiger partial charge in [-0.2, -0.15) is 0 Å². The molecule has 0 bridgehead atoms. The van der Waals surface area contributed by atoms with E-state index in [2.05, 4.69) is 27.6 Å². The minimum atomic E-state index is -0.683. The van der Waals surface area contributed by atoms with E-state index in [0.29, 0.717) is 15.9 Å². The van der Waals surface area contributed by atoms with E-state index in [-0.39, 0.29) is 5.91 Å². The molecular weight excluding hydrogens is 390 g/mol. The van der Waals surface area contributed by atoms with Crippen LogP contribution >= 0.6 is 34.7 Å². The van der Waals surface area contributed by atoms with Gasteiger partial charge in [0.2, 0.25) is 5.13 Å². The Balaban J connectivity index is 1.52. The summed E-state index contributed by atoms with van der Waals surface area (Å²) in [4.78, 5) is 12.3. The van der Waals surface area contributed by atoms with Crippen LogP contribution in [-0.2, 0) is 10.5 Å². The molecule has 1 heterocycles. The Morgan fingerprint density at radius 1 is 1.23 bits per heavy atom. The highest BCUT2D eigenvalue weighted by molar-refractivity contribution is 8.00. The van der Waals surface area contributed by atoms with Crippen molar-refractivity contribution in [2.24, 2.45) is 0 Å². The van der Waals surface area contributed by atoms with E-state index < -0.39 is 6.10 Å². The van der Waals surface area contributed by atoms with Crippen molar-refractivity contribution in [2.75, 3.05) is 5.32 Å². The van der Waals surface area contributed by atoms with Gasteiger partial charge in [-0.1, -0.05) is 71.1 Å². The van der Waals surface area contributed by atoms with Gasteiger partial charge in [0.05, 0.1) is 0 Å². The summed E-state index contributed by atoms with van der Waals surface area (Å²) in [6, 6.07) is 17.0. The molecule has 8 heteroatoms. The fraction of sp³-hybridized carbons (Fsp3) is 0.167. The number of thioether (sulfide) groups is 1. The second-order valence-corrected chi connectivity index (χ2v) is 7.99. The van der Waals surface area contributed by atoms with Crippen LogP contribution in [0.2, 0.25) is 5.02 Å². The molecule has 26 heavy (non-hydrogen) atoms. The molecule has 1 atom stereocenters. The number of rotatable bonds is 7. The molecule has 5 nitrogen and oxygen atoms in total. The Morgan fingerprint density at radius 2 is 2.04 bits per heavy atom. The van der Waals surface area contributed by atoms with Crippen molar-refractivity contribution in [3.8, 4) is 5.75 Å². The Morgan fingerprint density at radius 3 is 2.81 bits per heavy atom. The van der Waals surface area contributed by atoms with E-state index in [1.54, 1.807) is 43.0 Å². The summed E-state index contributed by atoms with van der Waals surface area (Å²) in [5.74, 6) is 1.05. The summed E-state index contributed by atoms with van der Waals surface area (Å²) in [7, 11) is 0. The van der Waals surface area contributed by atoms with Crippen molar-refractivity contribution in [1.82, 2.24) is 10.2 Å². The molecule has 0 saturated carbocycles. The monoisotopic (exact) mass is 405 g/mol. The highest BCUT2D eigenvalue weighted by Gasteiger charge is 2.17. The highest BCUT2D eigenvalue weighted by Crippen LogP contribution is 2.28. The fourth-order valence-corrected chi connectivity index (χ4v) is 3.93. The Labute approximate surface area is 164 Å². The molecule has 2 aromatic carbocycles. The van der Waals surface area contributed by atoms with Gasteiger partial charge in [0, 0.05) is 10.8 Å². The first-order valence-electron chi connectivity index (χ1n) is 7.83. The Kier molecular flexibility index (Phi) is 6.49. The maximum Gasteiger partial charge on any atom is 0.266 e. The van der Waals surface area contributed by atoms with Crippen LogP contribution < -0.4 is 10.1 Å². The number of nitrogens with zero attached hydrogens (tertiary/aromatic N) is 2. The quantitative estimate of drug-likeness (QED) is 0.448. The van der Waals surface area contributed by atoms with Gasteiger partial charge in [-0.05, 0) is 30.7 Å². The number of hydrogen-bond donors (Lipinski definition) is 1. The molecule has 0 aliphatic carbocycles. The summed E-state index contributed by atoms with van der Waals surface area (Å²) >= 11 is 8.84. The normalized spacial score (nSPS) is 11.8. The van der Waals surface area contributed by atoms with Crippen LogP contribution in [0.3, 0.4) is 0 Å². The van der Waals surface area contributed by atoms with E-state index in [1.807, 2.05) is 18.2 Å². The van der Waals surface area contributed by atoms with Gasteiger partial charge in [0.1, 0.15) is 5.75 Å². The predicted molar refractivity (Wildman–Crippen MR) is 106 cm³/mol. The molecule has 134 valence electrons. The third-order valence-corrected chi connectivity index (χ3v) is 5.60. The number of benzene rings is 2. The molecule has 0 spiro atoms. The first kappa shape index (κ1) is 18.7. The number of anilines is 1. The van der Waals surface area contributed by atoms with Crippen LogP contribution in [0.4, 0.5) is 5.13 Å². The summed E-state index contributed by atoms with van der Waals surface area (Å²) in [5, 5.41) is 11.8. The van der Waals surface area contributed by atoms with Crippen molar-refractivity contribution in [1.29, 1.82) is 0 Å². The van der Waals surface area contributed by atoms with Crippen molar-refractivity contribution in [3.05, 3.63) is 65.2 Å². The summed E-state index contributed by atoms with van der Waals surface area (Å²) < 4.78 is 6.39. The molecular formula is C18H16ClN3O2S2. The van der Waals surface area contributed by atoms with E-state index in [9.17, 15) is 4.79 Å². The standard InChI is InChI=1S/C18H16ClN3O2S2/c1-12(24-15-9-5-8-14(19)10-15)16(23)20-17-21-22-18(26-17)25-11-13-6-3-2-4-7-13/h2-10,12H,11H2,1H3,(H,20,21,23)/t12-/m1/s1. The smallest absolute Gasteiger partial charge is 0.266 e. The lowest BCUT2D eigenvalue weighted by Gasteiger charge is -2.13. The zero-order chi connectivity index (χ0) is 18.4. The molecule has 0 fully saturated rings. The number of aromatic nitrogens is 2. The van der Waals surface area contributed by atoms with Crippen molar-refractivity contribution < 1.29 is 9.53 Å². The van der Waals surface area contributed by atoms with E-state index in [0.717, 1.165) is 10.1 Å². The predicted octanol–water partition coefficient (Wildman–Crippen LogP) is 4.89. The Bertz CT molecular complexity index is 874. The molecule has 0 aliphatic rings. The number of amides is 1. The topological polar surface area (TPSA) is 64.1 Å². The molecule has 0 radical (unpaired) electrons. The van der Waals surface area contributed by atoms with Crippen LogP contribution in [0.1, 0.15) is 12.5 Å². The first-order chi connectivity index (χ1) is 12.6. The van der Waals surface area contributed by atoms with Crippen LogP contribution in [0.25, 0.3) is 0 Å². The summed E-state index contributed by atoms with van der Waals surface area (Å²) in [6.07, 6.45) is -0.683. The first-order valence-corrected chi connectivity index (χ1v) is 10.0. The van der Waals surface area contributed by atoms with Gasteiger partial charge in [0.25, 0.3) is 5.91 Å². The molecule has 0 aliphatic heterocycles. The average molecular weight is 406 g/mol. The zero-order valence-corrected chi connectivity index (χ0v) is 16.3. The van der Waals surface area contributed by atoms with Crippen molar-refractivity contribution in [3.63, 3.8) is 0 Å². The summed E-state index contributed by atoms with van der Waals surface area (Å²) in [5.41, 5.74) is 1.21. The highest BCUT2D eigenvalue weighted by atomic mass is 35.5. The molecule has 0 unspecified atom stereocenters. The third kappa shape index (κ3) is 5.45. The number of ether oxygens (including phenoxy) is 1. The van der Waals surface area contributed by atoms with E-state index in [1.165, 1.54) is 16.9 Å². The number of hydrogen-bond acceptors (Lipinski definition) is 6. The van der Waals surface area contributed by atoms with Gasteiger partial charge >= 0.3 is 0 Å². The lowest BCUT2D eigenvalue weighted by Crippen LogP contribution is -2.30. The van der Waals surface area contributed by atoms with Crippen LogP contribution in [0.5, 0.6) is 5.75 Å². The molecule has 1 amide bonds. The van der Waals surface area contributed by atoms with Gasteiger partial charge in [-0.25, -0.2) is 0 Å². The number of halogens is 1. The number of nitrogens with one attached hydrogen (secondary N) is 1. The molecule has 3 rings (SSSR count). The second-order valence-electron chi connectivity index (χ2n) is 5.35. The molecule has 3 aromatic rings.